The molecule has 1 aromatic rings. The maximum atomic E-state index is 11.3. The summed E-state index contributed by atoms with van der Waals surface area (Å²) in [6, 6.07) is 2.42. The maximum absolute atomic E-state index is 11.3. The molecule has 2 N–H and O–H groups in total. The fourth-order valence-electron chi connectivity index (χ4n) is 1.53. The van der Waals surface area contributed by atoms with Gasteiger partial charge in [0.05, 0.1) is 12.5 Å². The smallest absolute Gasteiger partial charge is 0.220 e. The lowest BCUT2D eigenvalue weighted by molar-refractivity contribution is -0.121. The Hall–Kier alpha value is -1.29. The molecule has 1 amide bonds. The van der Waals surface area contributed by atoms with Crippen LogP contribution in [0.3, 0.4) is 0 Å². The number of hydrogen-bond donors (Lipinski definition) is 2. The molecule has 1 heterocycles. The van der Waals surface area contributed by atoms with E-state index in [1.54, 1.807) is 12.5 Å². The number of carbonyl (C=O) groups is 1. The molecule has 1 aromatic heterocycles. The molecule has 88 valence electrons. The lowest BCUT2D eigenvalue weighted by Crippen LogP contribution is -2.26. The first-order chi connectivity index (χ1) is 7.84. The Balaban J connectivity index is 1.46. The van der Waals surface area contributed by atoms with Crippen molar-refractivity contribution in [1.82, 2.24) is 10.6 Å². The molecule has 1 aliphatic rings. The summed E-state index contributed by atoms with van der Waals surface area (Å²) < 4.78 is 4.96. The molecule has 0 spiro atoms. The predicted octanol–water partition coefficient (Wildman–Crippen LogP) is 1.43. The molecule has 4 heteroatoms. The monoisotopic (exact) mass is 222 g/mol. The lowest BCUT2D eigenvalue weighted by Gasteiger charge is -2.04. The molecule has 0 atom stereocenters. The van der Waals surface area contributed by atoms with Gasteiger partial charge in [-0.2, -0.15) is 0 Å². The van der Waals surface area contributed by atoms with E-state index in [-0.39, 0.29) is 5.91 Å². The van der Waals surface area contributed by atoms with Crippen LogP contribution in [-0.4, -0.2) is 18.5 Å². The average Bonchev–Trinajstić information content (AvgIpc) is 2.93. The standard InChI is InChI=1S/C12H18N2O2/c15-12(14-11-3-4-11)2-1-6-13-8-10-5-7-16-9-10/h5,7,9,11,13H,1-4,6,8H2,(H,14,15). The van der Waals surface area contributed by atoms with Crippen molar-refractivity contribution in [2.24, 2.45) is 0 Å². The first kappa shape index (κ1) is 11.2. The average molecular weight is 222 g/mol. The molecule has 2 rings (SSSR count). The third kappa shape index (κ3) is 4.06. The van der Waals surface area contributed by atoms with Crippen molar-refractivity contribution >= 4 is 5.91 Å². The Morgan fingerprint density at radius 1 is 1.50 bits per heavy atom. The van der Waals surface area contributed by atoms with E-state index in [2.05, 4.69) is 10.6 Å². The molecule has 1 saturated carbocycles. The Morgan fingerprint density at radius 2 is 2.38 bits per heavy atom. The molecule has 4 nitrogen and oxygen atoms in total. The molecule has 0 saturated heterocycles. The largest absolute Gasteiger partial charge is 0.472 e. The van der Waals surface area contributed by atoms with Crippen LogP contribution in [0, 0.1) is 0 Å². The molecule has 1 fully saturated rings. The molecular formula is C12H18N2O2. The number of rotatable bonds is 7. The first-order valence-electron chi connectivity index (χ1n) is 5.86. The number of carbonyl (C=O) groups excluding carboxylic acids is 1. The van der Waals surface area contributed by atoms with Crippen LogP contribution in [0.15, 0.2) is 23.0 Å². The third-order valence-electron chi connectivity index (χ3n) is 2.61. The normalized spacial score (nSPS) is 15.0. The SMILES string of the molecule is O=C(CCCNCc1ccoc1)NC1CC1. The van der Waals surface area contributed by atoms with Gasteiger partial charge in [-0.15, -0.1) is 0 Å². The van der Waals surface area contributed by atoms with Crippen molar-refractivity contribution in [3.63, 3.8) is 0 Å². The molecule has 0 bridgehead atoms. The van der Waals surface area contributed by atoms with Gasteiger partial charge in [-0.3, -0.25) is 4.79 Å². The van der Waals surface area contributed by atoms with Gasteiger partial charge in [0.2, 0.25) is 5.91 Å². The van der Waals surface area contributed by atoms with E-state index >= 15 is 0 Å². The zero-order chi connectivity index (χ0) is 11.2. The van der Waals surface area contributed by atoms with Gasteiger partial charge in [-0.1, -0.05) is 0 Å². The minimum atomic E-state index is 0.188. The second-order valence-electron chi connectivity index (χ2n) is 4.25. The van der Waals surface area contributed by atoms with Crippen molar-refractivity contribution in [3.05, 3.63) is 24.2 Å². The van der Waals surface area contributed by atoms with E-state index in [9.17, 15) is 4.79 Å². The van der Waals surface area contributed by atoms with Gasteiger partial charge >= 0.3 is 0 Å². The van der Waals surface area contributed by atoms with Gasteiger partial charge in [-0.25, -0.2) is 0 Å². The predicted molar refractivity (Wildman–Crippen MR) is 60.8 cm³/mol. The fourth-order valence-corrected chi connectivity index (χ4v) is 1.53. The van der Waals surface area contributed by atoms with Crippen LogP contribution in [0.1, 0.15) is 31.2 Å². The Kier molecular flexibility index (Phi) is 3.99. The minimum absolute atomic E-state index is 0.188. The number of hydrogen-bond acceptors (Lipinski definition) is 3. The summed E-state index contributed by atoms with van der Waals surface area (Å²) in [6.45, 7) is 1.67. The van der Waals surface area contributed by atoms with Crippen LogP contribution >= 0.6 is 0 Å². The highest BCUT2D eigenvalue weighted by Crippen LogP contribution is 2.18. The molecular weight excluding hydrogens is 204 g/mol. The molecule has 0 radical (unpaired) electrons. The highest BCUT2D eigenvalue weighted by atomic mass is 16.3. The molecule has 0 aromatic carbocycles. The van der Waals surface area contributed by atoms with Gasteiger partial charge in [0, 0.05) is 24.6 Å². The summed E-state index contributed by atoms with van der Waals surface area (Å²) in [5, 5.41) is 6.25. The highest BCUT2D eigenvalue weighted by Gasteiger charge is 2.22. The van der Waals surface area contributed by atoms with E-state index in [4.69, 9.17) is 4.42 Å². The summed E-state index contributed by atoms with van der Waals surface area (Å²) in [5.74, 6) is 0.188. The summed E-state index contributed by atoms with van der Waals surface area (Å²) in [5.41, 5.74) is 1.14. The Bertz CT molecular complexity index is 318. The van der Waals surface area contributed by atoms with Crippen molar-refractivity contribution in [3.8, 4) is 0 Å². The van der Waals surface area contributed by atoms with Crippen LogP contribution < -0.4 is 10.6 Å². The molecule has 0 unspecified atom stereocenters. The quantitative estimate of drug-likeness (QED) is 0.686. The van der Waals surface area contributed by atoms with Crippen molar-refractivity contribution in [2.75, 3.05) is 6.54 Å². The van der Waals surface area contributed by atoms with Gasteiger partial charge in [0.15, 0.2) is 0 Å². The van der Waals surface area contributed by atoms with E-state index in [1.165, 1.54) is 0 Å². The second-order valence-corrected chi connectivity index (χ2v) is 4.25. The number of amides is 1. The fraction of sp³-hybridized carbons (Fsp3) is 0.583. The van der Waals surface area contributed by atoms with E-state index in [0.717, 1.165) is 37.9 Å². The molecule has 1 aliphatic carbocycles. The van der Waals surface area contributed by atoms with Crippen LogP contribution in [0.4, 0.5) is 0 Å². The van der Waals surface area contributed by atoms with Crippen LogP contribution in [0.25, 0.3) is 0 Å². The number of nitrogens with one attached hydrogen (secondary N) is 2. The van der Waals surface area contributed by atoms with Gasteiger partial charge in [0.25, 0.3) is 0 Å². The summed E-state index contributed by atoms with van der Waals surface area (Å²) >= 11 is 0. The van der Waals surface area contributed by atoms with Gasteiger partial charge < -0.3 is 15.1 Å². The van der Waals surface area contributed by atoms with Gasteiger partial charge in [-0.05, 0) is 31.9 Å². The summed E-state index contributed by atoms with van der Waals surface area (Å²) in [4.78, 5) is 11.3. The van der Waals surface area contributed by atoms with E-state index in [1.807, 2.05) is 6.07 Å². The van der Waals surface area contributed by atoms with Crippen molar-refractivity contribution in [2.45, 2.75) is 38.3 Å². The third-order valence-corrected chi connectivity index (χ3v) is 2.61. The van der Waals surface area contributed by atoms with Crippen molar-refractivity contribution < 1.29 is 9.21 Å². The highest BCUT2D eigenvalue weighted by molar-refractivity contribution is 5.76. The lowest BCUT2D eigenvalue weighted by atomic mass is 10.3. The Labute approximate surface area is 95.4 Å². The van der Waals surface area contributed by atoms with Crippen LogP contribution in [-0.2, 0) is 11.3 Å². The van der Waals surface area contributed by atoms with Crippen molar-refractivity contribution in [1.29, 1.82) is 0 Å². The number of furan rings is 1. The Morgan fingerprint density at radius 3 is 3.06 bits per heavy atom. The minimum Gasteiger partial charge on any atom is -0.472 e. The maximum Gasteiger partial charge on any atom is 0.220 e. The van der Waals surface area contributed by atoms with Crippen LogP contribution in [0.5, 0.6) is 0 Å². The van der Waals surface area contributed by atoms with Crippen LogP contribution in [0.2, 0.25) is 0 Å². The van der Waals surface area contributed by atoms with E-state index < -0.39 is 0 Å². The zero-order valence-corrected chi connectivity index (χ0v) is 9.37. The summed E-state index contributed by atoms with van der Waals surface area (Å²) in [7, 11) is 0. The van der Waals surface area contributed by atoms with Gasteiger partial charge in [0.1, 0.15) is 0 Å². The zero-order valence-electron chi connectivity index (χ0n) is 9.37. The summed E-state index contributed by atoms with van der Waals surface area (Å²) in [6.07, 6.45) is 7.22. The topological polar surface area (TPSA) is 54.3 Å². The molecule has 0 aliphatic heterocycles. The second kappa shape index (κ2) is 5.70. The molecule has 16 heavy (non-hydrogen) atoms. The first-order valence-corrected chi connectivity index (χ1v) is 5.86. The van der Waals surface area contributed by atoms with E-state index in [0.29, 0.717) is 12.5 Å².